The van der Waals surface area contributed by atoms with Crippen molar-refractivity contribution >= 4 is 15.9 Å². The fourth-order valence-electron chi connectivity index (χ4n) is 3.59. The van der Waals surface area contributed by atoms with E-state index in [1.807, 2.05) is 0 Å². The van der Waals surface area contributed by atoms with E-state index in [4.69, 9.17) is 5.84 Å². The van der Waals surface area contributed by atoms with E-state index < -0.39 is 0 Å². The molecule has 0 aliphatic heterocycles. The third kappa shape index (κ3) is 3.59. The molecule has 1 aromatic carbocycles. The summed E-state index contributed by atoms with van der Waals surface area (Å²) in [6.07, 6.45) is 6.62. The summed E-state index contributed by atoms with van der Waals surface area (Å²) in [6, 6.07) is 6.89. The van der Waals surface area contributed by atoms with Gasteiger partial charge in [0.2, 0.25) is 0 Å². The smallest absolute Gasteiger partial charge is 0.0491 e. The third-order valence-corrected chi connectivity index (χ3v) is 4.98. The average Bonchev–Trinajstić information content (AvgIpc) is 2.39. The Balaban J connectivity index is 2.27. The van der Waals surface area contributed by atoms with Crippen LogP contribution in [0.5, 0.6) is 0 Å². The Hall–Kier alpha value is -0.380. The molecule has 1 aliphatic rings. The molecule has 2 rings (SSSR count). The van der Waals surface area contributed by atoms with Crippen molar-refractivity contribution in [3.63, 3.8) is 0 Å². The Morgan fingerprint density at radius 1 is 1.32 bits per heavy atom. The minimum Gasteiger partial charge on any atom is -0.271 e. The highest BCUT2D eigenvalue weighted by Gasteiger charge is 2.31. The highest BCUT2D eigenvalue weighted by Crippen LogP contribution is 2.40. The number of hydrogen-bond acceptors (Lipinski definition) is 2. The Morgan fingerprint density at radius 2 is 2.05 bits per heavy atom. The summed E-state index contributed by atoms with van der Waals surface area (Å²) in [6.45, 7) is 4.45. The highest BCUT2D eigenvalue weighted by atomic mass is 79.9. The fourth-order valence-corrected chi connectivity index (χ4v) is 4.22. The molecule has 1 aliphatic carbocycles. The summed E-state index contributed by atoms with van der Waals surface area (Å²) in [7, 11) is 0. The van der Waals surface area contributed by atoms with E-state index in [1.165, 1.54) is 43.2 Å². The first-order valence-corrected chi connectivity index (χ1v) is 8.18. The van der Waals surface area contributed by atoms with Gasteiger partial charge in [-0.25, -0.2) is 0 Å². The first-order valence-electron chi connectivity index (χ1n) is 7.39. The molecule has 3 unspecified atom stereocenters. The molecule has 0 aromatic heterocycles. The van der Waals surface area contributed by atoms with Gasteiger partial charge in [0, 0.05) is 10.5 Å². The van der Waals surface area contributed by atoms with Crippen LogP contribution in [0.25, 0.3) is 0 Å². The lowest BCUT2D eigenvalue weighted by atomic mass is 9.72. The number of hydrazine groups is 1. The van der Waals surface area contributed by atoms with Crippen LogP contribution in [-0.4, -0.2) is 0 Å². The standard InChI is InChI=1S/C16H25BrN2/c1-3-12-6-4-5-7-15(12)16(19-18)13-8-11(2)9-14(17)10-13/h8-10,12,15-16,19H,3-7,18H2,1-2H3. The predicted molar refractivity (Wildman–Crippen MR) is 84.7 cm³/mol. The molecule has 0 saturated heterocycles. The number of nitrogens with one attached hydrogen (secondary N) is 1. The summed E-state index contributed by atoms with van der Waals surface area (Å²) in [5.41, 5.74) is 5.69. The molecule has 1 fully saturated rings. The van der Waals surface area contributed by atoms with Gasteiger partial charge in [-0.05, 0) is 48.4 Å². The Kier molecular flexibility index (Phi) is 5.43. The topological polar surface area (TPSA) is 38.0 Å². The molecule has 0 amide bonds. The summed E-state index contributed by atoms with van der Waals surface area (Å²) in [5, 5.41) is 0. The zero-order valence-electron chi connectivity index (χ0n) is 12.0. The lowest BCUT2D eigenvalue weighted by Crippen LogP contribution is -2.38. The SMILES string of the molecule is CCC1CCCCC1C(NN)c1cc(C)cc(Br)c1. The van der Waals surface area contributed by atoms with Gasteiger partial charge in [0.15, 0.2) is 0 Å². The van der Waals surface area contributed by atoms with Crippen molar-refractivity contribution in [3.05, 3.63) is 33.8 Å². The van der Waals surface area contributed by atoms with Gasteiger partial charge in [0.1, 0.15) is 0 Å². The van der Waals surface area contributed by atoms with Crippen molar-refractivity contribution in [1.82, 2.24) is 5.43 Å². The molecule has 0 radical (unpaired) electrons. The maximum Gasteiger partial charge on any atom is 0.0491 e. The van der Waals surface area contributed by atoms with Crippen molar-refractivity contribution in [2.24, 2.45) is 17.7 Å². The maximum atomic E-state index is 5.89. The Bertz CT molecular complexity index is 399. The van der Waals surface area contributed by atoms with Crippen LogP contribution in [-0.2, 0) is 0 Å². The summed E-state index contributed by atoms with van der Waals surface area (Å²) in [4.78, 5) is 0. The van der Waals surface area contributed by atoms with E-state index in [0.717, 1.165) is 10.4 Å². The number of aryl methyl sites for hydroxylation is 1. The Morgan fingerprint density at radius 3 is 2.68 bits per heavy atom. The van der Waals surface area contributed by atoms with Crippen molar-refractivity contribution in [1.29, 1.82) is 0 Å². The van der Waals surface area contributed by atoms with Crippen LogP contribution in [0.3, 0.4) is 0 Å². The first-order chi connectivity index (χ1) is 9.15. The number of benzene rings is 1. The average molecular weight is 325 g/mol. The fraction of sp³-hybridized carbons (Fsp3) is 0.625. The molecule has 106 valence electrons. The monoisotopic (exact) mass is 324 g/mol. The first kappa shape index (κ1) is 15.0. The predicted octanol–water partition coefficient (Wildman–Crippen LogP) is 4.48. The minimum atomic E-state index is 0.279. The molecule has 1 saturated carbocycles. The highest BCUT2D eigenvalue weighted by molar-refractivity contribution is 9.10. The van der Waals surface area contributed by atoms with Crippen molar-refractivity contribution in [3.8, 4) is 0 Å². The minimum absolute atomic E-state index is 0.279. The molecule has 3 atom stereocenters. The zero-order chi connectivity index (χ0) is 13.8. The maximum absolute atomic E-state index is 5.89. The van der Waals surface area contributed by atoms with E-state index in [-0.39, 0.29) is 6.04 Å². The second kappa shape index (κ2) is 6.87. The number of hydrogen-bond donors (Lipinski definition) is 2. The summed E-state index contributed by atoms with van der Waals surface area (Å²) < 4.78 is 1.15. The lowest BCUT2D eigenvalue weighted by molar-refractivity contribution is 0.176. The molecule has 2 nitrogen and oxygen atoms in total. The van der Waals surface area contributed by atoms with Gasteiger partial charge in [0.05, 0.1) is 0 Å². The lowest BCUT2D eigenvalue weighted by Gasteiger charge is -2.37. The van der Waals surface area contributed by atoms with Gasteiger partial charge < -0.3 is 0 Å². The van der Waals surface area contributed by atoms with E-state index >= 15 is 0 Å². The quantitative estimate of drug-likeness (QED) is 0.633. The Labute approximate surface area is 125 Å². The summed E-state index contributed by atoms with van der Waals surface area (Å²) in [5.74, 6) is 7.35. The molecule has 0 spiro atoms. The van der Waals surface area contributed by atoms with Crippen molar-refractivity contribution in [2.45, 2.75) is 52.0 Å². The van der Waals surface area contributed by atoms with Gasteiger partial charge in [-0.1, -0.05) is 54.6 Å². The van der Waals surface area contributed by atoms with E-state index in [0.29, 0.717) is 5.92 Å². The van der Waals surface area contributed by atoms with Crippen LogP contribution < -0.4 is 11.3 Å². The molecule has 0 bridgehead atoms. The van der Waals surface area contributed by atoms with Crippen LogP contribution >= 0.6 is 15.9 Å². The molecular weight excluding hydrogens is 300 g/mol. The van der Waals surface area contributed by atoms with Gasteiger partial charge in [-0.3, -0.25) is 11.3 Å². The second-order valence-corrected chi connectivity index (χ2v) is 6.74. The number of halogens is 1. The van der Waals surface area contributed by atoms with Gasteiger partial charge >= 0.3 is 0 Å². The van der Waals surface area contributed by atoms with E-state index in [9.17, 15) is 0 Å². The third-order valence-electron chi connectivity index (χ3n) is 4.52. The largest absolute Gasteiger partial charge is 0.271 e. The zero-order valence-corrected chi connectivity index (χ0v) is 13.5. The molecule has 19 heavy (non-hydrogen) atoms. The molecule has 1 aromatic rings. The van der Waals surface area contributed by atoms with Crippen molar-refractivity contribution < 1.29 is 0 Å². The van der Waals surface area contributed by atoms with Crippen LogP contribution in [0.15, 0.2) is 22.7 Å². The van der Waals surface area contributed by atoms with E-state index in [1.54, 1.807) is 0 Å². The molecule has 3 heteroatoms. The number of rotatable bonds is 4. The van der Waals surface area contributed by atoms with Gasteiger partial charge in [0.25, 0.3) is 0 Å². The van der Waals surface area contributed by atoms with Crippen molar-refractivity contribution in [2.75, 3.05) is 0 Å². The second-order valence-electron chi connectivity index (χ2n) is 5.82. The molecule has 0 heterocycles. The van der Waals surface area contributed by atoms with Crippen LogP contribution in [0.2, 0.25) is 0 Å². The molecule has 3 N–H and O–H groups in total. The number of nitrogens with two attached hydrogens (primary N) is 1. The van der Waals surface area contributed by atoms with Gasteiger partial charge in [-0.2, -0.15) is 0 Å². The molecular formula is C16H25BrN2. The van der Waals surface area contributed by atoms with Crippen LogP contribution in [0.4, 0.5) is 0 Å². The summed E-state index contributed by atoms with van der Waals surface area (Å²) >= 11 is 3.60. The van der Waals surface area contributed by atoms with Crippen LogP contribution in [0.1, 0.15) is 56.2 Å². The van der Waals surface area contributed by atoms with E-state index in [2.05, 4.69) is 53.4 Å². The van der Waals surface area contributed by atoms with Gasteiger partial charge in [-0.15, -0.1) is 0 Å². The normalized spacial score (nSPS) is 25.3. The van der Waals surface area contributed by atoms with Crippen LogP contribution in [0, 0.1) is 18.8 Å².